The van der Waals surface area contributed by atoms with Gasteiger partial charge in [0.25, 0.3) is 0 Å². The van der Waals surface area contributed by atoms with Crippen LogP contribution in [0.2, 0.25) is 5.02 Å². The second-order valence-corrected chi connectivity index (χ2v) is 15.4. The summed E-state index contributed by atoms with van der Waals surface area (Å²) in [6.45, 7) is 1.51. The van der Waals surface area contributed by atoms with Gasteiger partial charge in [-0.2, -0.15) is 10.2 Å². The minimum Gasteiger partial charge on any atom is -0.491 e. The minimum atomic E-state index is -1.35. The molecule has 0 bridgehead atoms. The molecule has 2 heterocycles. The maximum absolute atomic E-state index is 14.7. The summed E-state index contributed by atoms with van der Waals surface area (Å²) in [5, 5.41) is 18.0. The van der Waals surface area contributed by atoms with Gasteiger partial charge in [0.15, 0.2) is 0 Å². The topological polar surface area (TPSA) is 132 Å². The van der Waals surface area contributed by atoms with E-state index in [9.17, 15) is 28.7 Å². The summed E-state index contributed by atoms with van der Waals surface area (Å²) in [4.78, 5) is 62.2. The number of fused-ring (bicyclic) bond motifs is 4. The van der Waals surface area contributed by atoms with E-state index in [1.54, 1.807) is 43.3 Å². The molecule has 286 valence electrons. The monoisotopic (exact) mass is 775 g/mol. The van der Waals surface area contributed by atoms with E-state index in [0.29, 0.717) is 28.4 Å². The van der Waals surface area contributed by atoms with Crippen LogP contribution in [0.5, 0.6) is 5.75 Å². The molecule has 8 rings (SSSR count). The van der Waals surface area contributed by atoms with Crippen LogP contribution in [-0.4, -0.2) is 56.0 Å². The fourth-order valence-electron chi connectivity index (χ4n) is 9.09. The number of aliphatic hydroxyl groups is 1. The molecule has 2 aliphatic heterocycles. The number of imide groups is 2. The molecular weight excluding hydrogens is 737 g/mol. The number of carbonyl (C=O) groups is 4. The molecule has 4 aromatic carbocycles. The lowest BCUT2D eigenvalue weighted by molar-refractivity contribution is -0.131. The maximum atomic E-state index is 14.7. The zero-order valence-electron chi connectivity index (χ0n) is 30.9. The Balaban J connectivity index is 1.14. The predicted octanol–water partition coefficient (Wildman–Crippen LogP) is 7.77. The van der Waals surface area contributed by atoms with Crippen molar-refractivity contribution in [3.8, 4) is 5.75 Å². The van der Waals surface area contributed by atoms with Gasteiger partial charge >= 0.3 is 0 Å². The van der Waals surface area contributed by atoms with Gasteiger partial charge < -0.3 is 14.7 Å². The first-order chi connectivity index (χ1) is 26.9. The van der Waals surface area contributed by atoms with Crippen molar-refractivity contribution in [2.24, 2.45) is 39.3 Å². The second-order valence-electron chi connectivity index (χ2n) is 15.0. The quantitative estimate of drug-likeness (QED) is 0.104. The van der Waals surface area contributed by atoms with Crippen molar-refractivity contribution in [3.63, 3.8) is 0 Å². The lowest BCUT2D eigenvalue weighted by atomic mass is 9.51. The third kappa shape index (κ3) is 5.99. The van der Waals surface area contributed by atoms with Crippen LogP contribution in [0, 0.1) is 34.9 Å². The van der Waals surface area contributed by atoms with E-state index >= 15 is 0 Å². The third-order valence-electron chi connectivity index (χ3n) is 11.8. The Morgan fingerprint density at radius 2 is 1.52 bits per heavy atom. The zero-order valence-corrected chi connectivity index (χ0v) is 31.7. The number of hydrogen-bond acceptors (Lipinski definition) is 9. The molecular formula is C43H39ClFN5O6. The number of carbonyl (C=O) groups excluding carboxylic acids is 4. The highest BCUT2D eigenvalue weighted by Crippen LogP contribution is 2.64. The first kappa shape index (κ1) is 37.2. The number of nitrogens with zero attached hydrogens (tertiary/aromatic N) is 5. The van der Waals surface area contributed by atoms with Crippen molar-refractivity contribution in [2.45, 2.75) is 25.7 Å². The standard InChI is InChI=1S/C43H39ClFN5O6/c1-43-33(40(53)50(42(43)55)28-16-19-35(45)34(44)22-28)23-32-29(38(43)30-6-4-5-7-36(30)56-21-20-51)17-18-31-37(32)41(54)49(39(31)52)27-14-10-25(11-15-27)47-46-24-8-12-26(13-9-24)48(2)3/h4-17,19,22,31-33,37-38,51H,18,20-21,23H2,1-3H3. The number of para-hydroxylation sites is 1. The first-order valence-corrected chi connectivity index (χ1v) is 18.8. The van der Waals surface area contributed by atoms with Crippen molar-refractivity contribution in [1.29, 1.82) is 0 Å². The molecule has 0 spiro atoms. The number of ether oxygens (including phenoxy) is 1. The van der Waals surface area contributed by atoms with E-state index in [0.717, 1.165) is 22.2 Å². The van der Waals surface area contributed by atoms with E-state index in [-0.39, 0.29) is 48.6 Å². The van der Waals surface area contributed by atoms with E-state index < -0.39 is 52.6 Å². The van der Waals surface area contributed by atoms with Crippen molar-refractivity contribution >= 4 is 63.7 Å². The Morgan fingerprint density at radius 3 is 2.18 bits per heavy atom. The summed E-state index contributed by atoms with van der Waals surface area (Å²) in [6, 6.07) is 25.2. The predicted molar refractivity (Wildman–Crippen MR) is 209 cm³/mol. The lowest BCUT2D eigenvalue weighted by Crippen LogP contribution is -2.49. The molecule has 4 aliphatic rings. The van der Waals surface area contributed by atoms with Crippen molar-refractivity contribution < 1.29 is 33.4 Å². The Kier molecular flexibility index (Phi) is 9.58. The lowest BCUT2D eigenvalue weighted by Gasteiger charge is -2.49. The number of anilines is 3. The Labute approximate surface area is 328 Å². The molecule has 6 unspecified atom stereocenters. The normalized spacial score (nSPS) is 25.7. The van der Waals surface area contributed by atoms with Crippen LogP contribution in [0.3, 0.4) is 0 Å². The van der Waals surface area contributed by atoms with Crippen LogP contribution in [0.4, 0.5) is 32.8 Å². The number of benzene rings is 4. The van der Waals surface area contributed by atoms with Gasteiger partial charge in [-0.25, -0.2) is 9.29 Å². The number of aliphatic hydroxyl groups excluding tert-OH is 1. The second kappa shape index (κ2) is 14.4. The van der Waals surface area contributed by atoms with Gasteiger partial charge in [-0.15, -0.1) is 0 Å². The van der Waals surface area contributed by atoms with Gasteiger partial charge in [0.2, 0.25) is 23.6 Å². The van der Waals surface area contributed by atoms with Gasteiger partial charge in [-0.3, -0.25) is 24.1 Å². The van der Waals surface area contributed by atoms with Crippen LogP contribution in [0.15, 0.2) is 113 Å². The number of allylic oxidation sites excluding steroid dienone is 2. The molecule has 2 aliphatic carbocycles. The highest BCUT2D eigenvalue weighted by atomic mass is 35.5. The molecule has 11 nitrogen and oxygen atoms in total. The van der Waals surface area contributed by atoms with Crippen LogP contribution in [0.1, 0.15) is 31.2 Å². The van der Waals surface area contributed by atoms with Crippen LogP contribution in [0.25, 0.3) is 0 Å². The maximum Gasteiger partial charge on any atom is 0.241 e. The summed E-state index contributed by atoms with van der Waals surface area (Å²) in [7, 11) is 3.91. The fourth-order valence-corrected chi connectivity index (χ4v) is 9.27. The van der Waals surface area contributed by atoms with Gasteiger partial charge in [-0.05, 0) is 98.5 Å². The number of amides is 4. The fraction of sp³-hybridized carbons (Fsp3) is 0.302. The Hall–Kier alpha value is -5.72. The van der Waals surface area contributed by atoms with Gasteiger partial charge in [0.05, 0.1) is 57.5 Å². The van der Waals surface area contributed by atoms with Gasteiger partial charge in [0.1, 0.15) is 18.2 Å². The Bertz CT molecular complexity index is 2310. The summed E-state index contributed by atoms with van der Waals surface area (Å²) in [6.07, 6.45) is 2.35. The van der Waals surface area contributed by atoms with Crippen LogP contribution >= 0.6 is 11.6 Å². The van der Waals surface area contributed by atoms with Crippen molar-refractivity contribution in [1.82, 2.24) is 0 Å². The number of halogens is 2. The molecule has 13 heteroatoms. The molecule has 4 aromatic rings. The third-order valence-corrected chi connectivity index (χ3v) is 12.1. The molecule has 0 aromatic heterocycles. The van der Waals surface area contributed by atoms with Gasteiger partial charge in [0, 0.05) is 31.3 Å². The van der Waals surface area contributed by atoms with E-state index in [1.807, 2.05) is 61.5 Å². The van der Waals surface area contributed by atoms with E-state index in [2.05, 4.69) is 10.2 Å². The van der Waals surface area contributed by atoms with E-state index in [4.69, 9.17) is 16.3 Å². The number of azo groups is 1. The smallest absolute Gasteiger partial charge is 0.241 e. The molecule has 2 saturated heterocycles. The average Bonchev–Trinajstić information content (AvgIpc) is 3.57. The molecule has 1 N–H and O–H groups in total. The zero-order chi connectivity index (χ0) is 39.5. The number of hydrogen-bond donors (Lipinski definition) is 1. The van der Waals surface area contributed by atoms with Crippen LogP contribution < -0.4 is 19.4 Å². The first-order valence-electron chi connectivity index (χ1n) is 18.5. The molecule has 1 saturated carbocycles. The summed E-state index contributed by atoms with van der Waals surface area (Å²) >= 11 is 6.13. The number of rotatable bonds is 9. The van der Waals surface area contributed by atoms with E-state index in [1.165, 1.54) is 17.0 Å². The average molecular weight is 776 g/mol. The van der Waals surface area contributed by atoms with Crippen LogP contribution in [-0.2, 0) is 19.2 Å². The molecule has 6 atom stereocenters. The highest BCUT2D eigenvalue weighted by Gasteiger charge is 2.68. The van der Waals surface area contributed by atoms with Gasteiger partial charge in [-0.1, -0.05) is 41.4 Å². The van der Waals surface area contributed by atoms with Crippen molar-refractivity contribution in [2.75, 3.05) is 42.0 Å². The molecule has 3 fully saturated rings. The Morgan fingerprint density at radius 1 is 0.857 bits per heavy atom. The molecule has 4 amide bonds. The molecule has 0 radical (unpaired) electrons. The summed E-state index contributed by atoms with van der Waals surface area (Å²) in [5.41, 5.74) is 2.84. The molecule has 56 heavy (non-hydrogen) atoms. The SMILES string of the molecule is CN(C)c1ccc(N=Nc2ccc(N3C(=O)C4CC=C5C(CC6C(=O)N(c7ccc(F)c(Cl)c7)C(=O)C6(C)C5c5ccccc5OCCO)C4C3=O)cc2)cc1. The summed E-state index contributed by atoms with van der Waals surface area (Å²) < 4.78 is 20.2. The van der Waals surface area contributed by atoms with Crippen molar-refractivity contribution in [3.05, 3.63) is 119 Å². The minimum absolute atomic E-state index is 0.00386. The highest BCUT2D eigenvalue weighted by molar-refractivity contribution is 6.32. The largest absolute Gasteiger partial charge is 0.491 e. The summed E-state index contributed by atoms with van der Waals surface area (Å²) in [5.74, 6) is -5.63.